The number of esters is 1. The highest BCUT2D eigenvalue weighted by molar-refractivity contribution is 5.96. The van der Waals surface area contributed by atoms with Crippen LogP contribution in [0.4, 0.5) is 0 Å². The fraction of sp³-hybridized carbons (Fsp3) is 0.364. The van der Waals surface area contributed by atoms with E-state index >= 15 is 0 Å². The van der Waals surface area contributed by atoms with Crippen molar-refractivity contribution in [3.05, 3.63) is 28.8 Å². The molecular formula is C11H10O3. The van der Waals surface area contributed by atoms with Crippen LogP contribution in [-0.2, 0) is 17.8 Å². The highest BCUT2D eigenvalue weighted by Gasteiger charge is 2.28. The summed E-state index contributed by atoms with van der Waals surface area (Å²) in [7, 11) is 0. The van der Waals surface area contributed by atoms with Crippen molar-refractivity contribution in [2.75, 3.05) is 6.61 Å². The third kappa shape index (κ3) is 0.953. The van der Waals surface area contributed by atoms with Gasteiger partial charge in [-0.25, -0.2) is 4.79 Å². The summed E-state index contributed by atoms with van der Waals surface area (Å²) < 4.78 is 10.5. The zero-order valence-electron chi connectivity index (χ0n) is 7.71. The molecule has 72 valence electrons. The lowest BCUT2D eigenvalue weighted by Gasteiger charge is -2.18. The topological polar surface area (TPSA) is 35.5 Å². The fourth-order valence-corrected chi connectivity index (χ4v) is 2.02. The highest BCUT2D eigenvalue weighted by Crippen LogP contribution is 2.35. The van der Waals surface area contributed by atoms with E-state index in [1.165, 1.54) is 0 Å². The van der Waals surface area contributed by atoms with Gasteiger partial charge >= 0.3 is 5.97 Å². The van der Waals surface area contributed by atoms with E-state index in [1.807, 2.05) is 12.1 Å². The zero-order valence-corrected chi connectivity index (χ0v) is 7.71. The number of hydrogen-bond donors (Lipinski definition) is 0. The molecule has 0 saturated heterocycles. The molecule has 0 fully saturated rings. The number of rotatable bonds is 0. The molecule has 0 spiro atoms. The average Bonchev–Trinajstić information content (AvgIpc) is 2.61. The van der Waals surface area contributed by atoms with Crippen LogP contribution in [0.3, 0.4) is 0 Å². The summed E-state index contributed by atoms with van der Waals surface area (Å²) in [5.41, 5.74) is 2.74. The molecule has 0 aliphatic carbocycles. The van der Waals surface area contributed by atoms with Crippen molar-refractivity contribution in [3.63, 3.8) is 0 Å². The standard InChI is InChI=1S/C11H10O3/c12-11-9-8(6-14-11)4-3-7-2-1-5-13-10(7)9/h3-4H,1-2,5-6H2. The Kier molecular flexibility index (Phi) is 1.54. The van der Waals surface area contributed by atoms with Crippen LogP contribution in [0.2, 0.25) is 0 Å². The Morgan fingerprint density at radius 3 is 2.93 bits per heavy atom. The fourth-order valence-electron chi connectivity index (χ4n) is 2.02. The summed E-state index contributed by atoms with van der Waals surface area (Å²) in [5.74, 6) is 0.523. The molecule has 1 aromatic rings. The van der Waals surface area contributed by atoms with Gasteiger partial charge < -0.3 is 9.47 Å². The first-order valence-corrected chi connectivity index (χ1v) is 4.81. The van der Waals surface area contributed by atoms with E-state index in [9.17, 15) is 4.79 Å². The van der Waals surface area contributed by atoms with E-state index in [0.717, 1.165) is 29.7 Å². The van der Waals surface area contributed by atoms with Gasteiger partial charge in [-0.15, -0.1) is 0 Å². The van der Waals surface area contributed by atoms with E-state index in [1.54, 1.807) is 0 Å². The van der Waals surface area contributed by atoms with Gasteiger partial charge in [-0.2, -0.15) is 0 Å². The molecule has 3 heteroatoms. The molecule has 0 atom stereocenters. The number of hydrogen-bond acceptors (Lipinski definition) is 3. The van der Waals surface area contributed by atoms with Crippen molar-refractivity contribution in [2.24, 2.45) is 0 Å². The van der Waals surface area contributed by atoms with E-state index in [4.69, 9.17) is 9.47 Å². The second-order valence-electron chi connectivity index (χ2n) is 3.62. The summed E-state index contributed by atoms with van der Waals surface area (Å²) in [6, 6.07) is 4.00. The van der Waals surface area contributed by atoms with Crippen molar-refractivity contribution in [2.45, 2.75) is 19.4 Å². The van der Waals surface area contributed by atoms with Gasteiger partial charge in [0.15, 0.2) is 0 Å². The number of carbonyl (C=O) groups is 1. The Morgan fingerprint density at radius 2 is 2.00 bits per heavy atom. The molecule has 0 unspecified atom stereocenters. The number of ether oxygens (including phenoxy) is 2. The number of carbonyl (C=O) groups excluding carboxylic acids is 1. The lowest BCUT2D eigenvalue weighted by Crippen LogP contribution is -2.12. The van der Waals surface area contributed by atoms with Gasteiger partial charge in [-0.05, 0) is 18.4 Å². The van der Waals surface area contributed by atoms with Crippen molar-refractivity contribution >= 4 is 5.97 Å². The maximum atomic E-state index is 11.4. The van der Waals surface area contributed by atoms with Gasteiger partial charge in [0.1, 0.15) is 17.9 Å². The van der Waals surface area contributed by atoms with Gasteiger partial charge in [-0.1, -0.05) is 12.1 Å². The van der Waals surface area contributed by atoms with Crippen molar-refractivity contribution in [1.82, 2.24) is 0 Å². The number of aryl methyl sites for hydroxylation is 1. The monoisotopic (exact) mass is 190 g/mol. The summed E-state index contributed by atoms with van der Waals surface area (Å²) >= 11 is 0. The molecule has 0 N–H and O–H groups in total. The van der Waals surface area contributed by atoms with E-state index in [-0.39, 0.29) is 5.97 Å². The van der Waals surface area contributed by atoms with Gasteiger partial charge in [-0.3, -0.25) is 0 Å². The van der Waals surface area contributed by atoms with Crippen LogP contribution in [0.1, 0.15) is 27.9 Å². The van der Waals surface area contributed by atoms with Crippen molar-refractivity contribution in [1.29, 1.82) is 0 Å². The molecule has 2 aliphatic rings. The molecule has 2 heterocycles. The first-order chi connectivity index (χ1) is 6.86. The SMILES string of the molecule is O=C1OCc2ccc3c(c21)OCCC3. The minimum Gasteiger partial charge on any atom is -0.492 e. The maximum Gasteiger partial charge on any atom is 0.342 e. The predicted octanol–water partition coefficient (Wildman–Crippen LogP) is 1.68. The van der Waals surface area contributed by atoms with Gasteiger partial charge in [0.25, 0.3) is 0 Å². The number of fused-ring (bicyclic) bond motifs is 3. The third-order valence-corrected chi connectivity index (χ3v) is 2.73. The van der Waals surface area contributed by atoms with Crippen molar-refractivity contribution < 1.29 is 14.3 Å². The molecule has 0 bridgehead atoms. The predicted molar refractivity (Wildman–Crippen MR) is 49.4 cm³/mol. The summed E-state index contributed by atoms with van der Waals surface area (Å²) in [6.45, 7) is 1.10. The Labute approximate surface area is 81.6 Å². The molecule has 3 rings (SSSR count). The largest absolute Gasteiger partial charge is 0.492 e. The molecule has 0 radical (unpaired) electrons. The summed E-state index contributed by atoms with van der Waals surface area (Å²) in [6.07, 6.45) is 2.02. The van der Waals surface area contributed by atoms with Crippen LogP contribution in [0.15, 0.2) is 12.1 Å². The summed E-state index contributed by atoms with van der Waals surface area (Å²) in [4.78, 5) is 11.4. The second-order valence-corrected chi connectivity index (χ2v) is 3.62. The Hall–Kier alpha value is -1.51. The van der Waals surface area contributed by atoms with Crippen LogP contribution in [0.5, 0.6) is 5.75 Å². The molecule has 3 nitrogen and oxygen atoms in total. The molecular weight excluding hydrogens is 180 g/mol. The Balaban J connectivity index is 2.23. The lowest BCUT2D eigenvalue weighted by atomic mass is 9.99. The van der Waals surface area contributed by atoms with Crippen LogP contribution in [-0.4, -0.2) is 12.6 Å². The quantitative estimate of drug-likeness (QED) is 0.584. The van der Waals surface area contributed by atoms with Crippen molar-refractivity contribution in [3.8, 4) is 5.75 Å². The molecule has 1 aromatic carbocycles. The minimum atomic E-state index is -0.237. The number of cyclic esters (lactones) is 1. The van der Waals surface area contributed by atoms with Crippen LogP contribution in [0, 0.1) is 0 Å². The highest BCUT2D eigenvalue weighted by atomic mass is 16.5. The second kappa shape index (κ2) is 2.74. The maximum absolute atomic E-state index is 11.4. The smallest absolute Gasteiger partial charge is 0.342 e. The molecule has 0 saturated carbocycles. The van der Waals surface area contributed by atoms with Gasteiger partial charge in [0.05, 0.1) is 6.61 Å². The Morgan fingerprint density at radius 1 is 1.14 bits per heavy atom. The molecule has 0 amide bonds. The van der Waals surface area contributed by atoms with E-state index < -0.39 is 0 Å². The molecule has 2 aliphatic heterocycles. The normalized spacial score (nSPS) is 18.1. The number of benzene rings is 1. The van der Waals surface area contributed by atoms with Gasteiger partial charge in [0.2, 0.25) is 0 Å². The average molecular weight is 190 g/mol. The van der Waals surface area contributed by atoms with Crippen LogP contribution in [0.25, 0.3) is 0 Å². The molecule has 0 aromatic heterocycles. The van der Waals surface area contributed by atoms with Crippen LogP contribution < -0.4 is 4.74 Å². The van der Waals surface area contributed by atoms with E-state index in [2.05, 4.69) is 0 Å². The minimum absolute atomic E-state index is 0.237. The molecule has 14 heavy (non-hydrogen) atoms. The lowest BCUT2D eigenvalue weighted by molar-refractivity contribution is 0.0531. The van der Waals surface area contributed by atoms with Crippen LogP contribution >= 0.6 is 0 Å². The first kappa shape index (κ1) is 7.85. The Bertz CT molecular complexity index is 409. The summed E-state index contributed by atoms with van der Waals surface area (Å²) in [5, 5.41) is 0. The van der Waals surface area contributed by atoms with E-state index in [0.29, 0.717) is 18.8 Å². The first-order valence-electron chi connectivity index (χ1n) is 4.81. The zero-order chi connectivity index (χ0) is 9.54. The third-order valence-electron chi connectivity index (χ3n) is 2.73. The van der Waals surface area contributed by atoms with Gasteiger partial charge in [0, 0.05) is 5.56 Å².